The van der Waals surface area contributed by atoms with E-state index in [9.17, 15) is 4.39 Å². The lowest BCUT2D eigenvalue weighted by Crippen LogP contribution is -2.16. The molecule has 1 heterocycles. The molecular weight excluding hydrogens is 283 g/mol. The van der Waals surface area contributed by atoms with Gasteiger partial charge in [0.15, 0.2) is 0 Å². The van der Waals surface area contributed by atoms with Gasteiger partial charge in [0.2, 0.25) is 0 Å². The third kappa shape index (κ3) is 2.69. The van der Waals surface area contributed by atoms with Gasteiger partial charge in [0, 0.05) is 28.1 Å². The van der Waals surface area contributed by atoms with Crippen LogP contribution in [0.1, 0.15) is 24.8 Å². The monoisotopic (exact) mass is 300 g/mol. The van der Waals surface area contributed by atoms with E-state index < -0.39 is 0 Å². The van der Waals surface area contributed by atoms with E-state index >= 15 is 0 Å². The molecule has 0 saturated carbocycles. The molecule has 1 atom stereocenters. The van der Waals surface area contributed by atoms with Crippen LogP contribution >= 0.6 is 11.3 Å². The molecule has 0 aliphatic rings. The van der Waals surface area contributed by atoms with E-state index in [1.807, 2.05) is 36.5 Å². The van der Waals surface area contributed by atoms with Crippen molar-refractivity contribution in [2.75, 3.05) is 6.54 Å². The van der Waals surface area contributed by atoms with Crippen LogP contribution in [0.25, 0.3) is 21.3 Å². The van der Waals surface area contributed by atoms with E-state index in [1.54, 1.807) is 11.3 Å². The highest BCUT2D eigenvalue weighted by atomic mass is 32.1. The van der Waals surface area contributed by atoms with Gasteiger partial charge in [-0.25, -0.2) is 9.37 Å². The maximum absolute atomic E-state index is 13.9. The van der Waals surface area contributed by atoms with Crippen LogP contribution in [-0.2, 0) is 0 Å². The van der Waals surface area contributed by atoms with Crippen molar-refractivity contribution in [3.63, 3.8) is 0 Å². The Morgan fingerprint density at radius 2 is 1.95 bits per heavy atom. The number of thiazole rings is 1. The highest BCUT2D eigenvalue weighted by Gasteiger charge is 2.13. The zero-order valence-corrected chi connectivity index (χ0v) is 12.9. The average molecular weight is 300 g/mol. The van der Waals surface area contributed by atoms with Crippen LogP contribution in [0.3, 0.4) is 0 Å². The minimum Gasteiger partial charge on any atom is -0.310 e. The number of nitrogens with one attached hydrogen (secondary N) is 1. The summed E-state index contributed by atoms with van der Waals surface area (Å²) in [5.41, 5.74) is 0.993. The molecule has 0 saturated heterocycles. The lowest BCUT2D eigenvalue weighted by atomic mass is 10.0. The Kier molecular flexibility index (Phi) is 3.99. The van der Waals surface area contributed by atoms with Crippen molar-refractivity contribution in [3.8, 4) is 10.6 Å². The molecule has 1 aromatic heterocycles. The molecule has 0 radical (unpaired) electrons. The van der Waals surface area contributed by atoms with Gasteiger partial charge < -0.3 is 5.32 Å². The summed E-state index contributed by atoms with van der Waals surface area (Å²) >= 11 is 1.66. The molecule has 0 fully saturated rings. The molecule has 0 aliphatic heterocycles. The van der Waals surface area contributed by atoms with Gasteiger partial charge in [-0.2, -0.15) is 0 Å². The number of aromatic nitrogens is 1. The van der Waals surface area contributed by atoms with Crippen molar-refractivity contribution in [1.82, 2.24) is 10.3 Å². The fourth-order valence-corrected chi connectivity index (χ4v) is 3.45. The first-order chi connectivity index (χ1) is 10.2. The third-order valence-corrected chi connectivity index (χ3v) is 4.78. The van der Waals surface area contributed by atoms with Gasteiger partial charge in [-0.1, -0.05) is 31.2 Å². The van der Waals surface area contributed by atoms with Crippen LogP contribution in [0, 0.1) is 5.82 Å². The molecule has 108 valence electrons. The van der Waals surface area contributed by atoms with E-state index in [0.717, 1.165) is 22.5 Å². The Morgan fingerprint density at radius 3 is 2.71 bits per heavy atom. The summed E-state index contributed by atoms with van der Waals surface area (Å²) in [6.07, 6.45) is 1.91. The van der Waals surface area contributed by atoms with Gasteiger partial charge in [0.25, 0.3) is 0 Å². The van der Waals surface area contributed by atoms with Crippen LogP contribution in [0.15, 0.2) is 42.6 Å². The van der Waals surface area contributed by atoms with Crippen molar-refractivity contribution < 1.29 is 4.39 Å². The first-order valence-corrected chi connectivity index (χ1v) is 7.89. The molecule has 21 heavy (non-hydrogen) atoms. The predicted octanol–water partition coefficient (Wildman–Crippen LogP) is 4.77. The number of benzene rings is 2. The van der Waals surface area contributed by atoms with Crippen LogP contribution < -0.4 is 5.32 Å². The number of rotatable bonds is 4. The normalized spacial score (nSPS) is 12.7. The van der Waals surface area contributed by atoms with Crippen LogP contribution in [-0.4, -0.2) is 11.5 Å². The SMILES string of the molecule is CCNC(C)c1cnc(-c2ccc(F)c3ccccc23)s1. The van der Waals surface area contributed by atoms with E-state index in [0.29, 0.717) is 5.39 Å². The Bertz CT molecular complexity index is 766. The molecule has 2 aromatic carbocycles. The zero-order chi connectivity index (χ0) is 14.8. The molecule has 1 N–H and O–H groups in total. The van der Waals surface area contributed by atoms with E-state index in [-0.39, 0.29) is 11.9 Å². The summed E-state index contributed by atoms with van der Waals surface area (Å²) < 4.78 is 13.9. The van der Waals surface area contributed by atoms with Crippen molar-refractivity contribution in [1.29, 1.82) is 0 Å². The standard InChI is InChI=1S/C17H17FN2S/c1-3-19-11(2)16-10-20-17(21-16)14-8-9-15(18)13-7-5-4-6-12(13)14/h4-11,19H,3H2,1-2H3. The summed E-state index contributed by atoms with van der Waals surface area (Å²) in [7, 11) is 0. The highest BCUT2D eigenvalue weighted by molar-refractivity contribution is 7.15. The van der Waals surface area contributed by atoms with Crippen LogP contribution in [0.4, 0.5) is 4.39 Å². The molecule has 4 heteroatoms. The highest BCUT2D eigenvalue weighted by Crippen LogP contribution is 2.34. The van der Waals surface area contributed by atoms with Crippen LogP contribution in [0.5, 0.6) is 0 Å². The molecule has 2 nitrogen and oxygen atoms in total. The van der Waals surface area contributed by atoms with Crippen molar-refractivity contribution >= 4 is 22.1 Å². The topological polar surface area (TPSA) is 24.9 Å². The number of hydrogen-bond donors (Lipinski definition) is 1. The van der Waals surface area contributed by atoms with Gasteiger partial charge in [0.1, 0.15) is 10.8 Å². The van der Waals surface area contributed by atoms with Gasteiger partial charge in [-0.15, -0.1) is 11.3 Å². The lowest BCUT2D eigenvalue weighted by molar-refractivity contribution is 0.606. The minimum absolute atomic E-state index is 0.188. The predicted molar refractivity (Wildman–Crippen MR) is 87.1 cm³/mol. The minimum atomic E-state index is -0.188. The number of halogens is 1. The summed E-state index contributed by atoms with van der Waals surface area (Å²) in [6, 6.07) is 11.2. The molecule has 3 rings (SSSR count). The molecular formula is C17H17FN2S. The Labute approximate surface area is 127 Å². The molecule has 1 unspecified atom stereocenters. The Hall–Kier alpha value is -1.78. The average Bonchev–Trinajstić information content (AvgIpc) is 2.98. The van der Waals surface area contributed by atoms with Gasteiger partial charge in [-0.3, -0.25) is 0 Å². The quantitative estimate of drug-likeness (QED) is 0.750. The summed E-state index contributed by atoms with van der Waals surface area (Å²) in [5.74, 6) is -0.188. The van der Waals surface area contributed by atoms with Gasteiger partial charge in [-0.05, 0) is 31.0 Å². The Balaban J connectivity index is 2.07. The second kappa shape index (κ2) is 5.92. The van der Waals surface area contributed by atoms with Crippen molar-refractivity contribution in [2.45, 2.75) is 19.9 Å². The molecule has 0 spiro atoms. The van der Waals surface area contributed by atoms with E-state index in [2.05, 4.69) is 24.1 Å². The van der Waals surface area contributed by atoms with Crippen LogP contribution in [0.2, 0.25) is 0 Å². The number of fused-ring (bicyclic) bond motifs is 1. The maximum atomic E-state index is 13.9. The molecule has 0 bridgehead atoms. The smallest absolute Gasteiger partial charge is 0.131 e. The number of hydrogen-bond acceptors (Lipinski definition) is 3. The van der Waals surface area contributed by atoms with Crippen molar-refractivity contribution in [3.05, 3.63) is 53.3 Å². The van der Waals surface area contributed by atoms with E-state index in [1.165, 1.54) is 10.9 Å². The van der Waals surface area contributed by atoms with Crippen molar-refractivity contribution in [2.24, 2.45) is 0 Å². The summed E-state index contributed by atoms with van der Waals surface area (Å²) in [4.78, 5) is 5.72. The molecule has 3 aromatic rings. The second-order valence-electron chi connectivity index (χ2n) is 4.99. The second-order valence-corrected chi connectivity index (χ2v) is 6.05. The summed E-state index contributed by atoms with van der Waals surface area (Å²) in [6.45, 7) is 5.14. The third-order valence-electron chi connectivity index (χ3n) is 3.56. The number of nitrogens with zero attached hydrogens (tertiary/aromatic N) is 1. The fraction of sp³-hybridized carbons (Fsp3) is 0.235. The maximum Gasteiger partial charge on any atom is 0.131 e. The fourth-order valence-electron chi connectivity index (χ4n) is 2.47. The zero-order valence-electron chi connectivity index (χ0n) is 12.1. The largest absolute Gasteiger partial charge is 0.310 e. The molecule has 0 aliphatic carbocycles. The first kappa shape index (κ1) is 14.2. The first-order valence-electron chi connectivity index (χ1n) is 7.07. The lowest BCUT2D eigenvalue weighted by Gasteiger charge is -2.08. The van der Waals surface area contributed by atoms with E-state index in [4.69, 9.17) is 0 Å². The summed E-state index contributed by atoms with van der Waals surface area (Å²) in [5, 5.41) is 5.88. The Morgan fingerprint density at radius 1 is 1.19 bits per heavy atom. The van der Waals surface area contributed by atoms with Gasteiger partial charge >= 0.3 is 0 Å². The molecule has 0 amide bonds. The van der Waals surface area contributed by atoms with Gasteiger partial charge in [0.05, 0.1) is 0 Å².